The van der Waals surface area contributed by atoms with E-state index in [-0.39, 0.29) is 30.7 Å². The number of carbonyl (C=O) groups excluding carboxylic acids is 2. The molecule has 5 heteroatoms. The zero-order chi connectivity index (χ0) is 17.6. The molecule has 134 valence electrons. The van der Waals surface area contributed by atoms with Gasteiger partial charge in [0.15, 0.2) is 0 Å². The summed E-state index contributed by atoms with van der Waals surface area (Å²) in [5.41, 5.74) is 1.22. The van der Waals surface area contributed by atoms with Crippen LogP contribution in [0.1, 0.15) is 50.5 Å². The van der Waals surface area contributed by atoms with Gasteiger partial charge in [-0.15, -0.1) is 0 Å². The predicted molar refractivity (Wildman–Crippen MR) is 91.7 cm³/mol. The predicted octanol–water partition coefficient (Wildman–Crippen LogP) is 3.47. The van der Waals surface area contributed by atoms with Crippen molar-refractivity contribution in [1.82, 2.24) is 0 Å². The van der Waals surface area contributed by atoms with E-state index in [4.69, 9.17) is 14.2 Å². The zero-order valence-corrected chi connectivity index (χ0v) is 14.7. The fourth-order valence-electron chi connectivity index (χ4n) is 2.34. The van der Waals surface area contributed by atoms with Gasteiger partial charge in [0.1, 0.15) is 0 Å². The van der Waals surface area contributed by atoms with Gasteiger partial charge in [-0.25, -0.2) is 0 Å². The Balaban J connectivity index is 2.31. The molecule has 0 heterocycles. The van der Waals surface area contributed by atoms with E-state index in [1.165, 1.54) is 5.56 Å². The van der Waals surface area contributed by atoms with Crippen molar-refractivity contribution >= 4 is 11.9 Å². The van der Waals surface area contributed by atoms with Crippen LogP contribution < -0.4 is 0 Å². The number of carbonyl (C=O) groups is 2. The molecule has 0 saturated carbocycles. The summed E-state index contributed by atoms with van der Waals surface area (Å²) < 4.78 is 15.3. The molecule has 0 aliphatic heterocycles. The average molecular weight is 336 g/mol. The van der Waals surface area contributed by atoms with Crippen LogP contribution in [0.5, 0.6) is 0 Å². The number of benzene rings is 1. The Morgan fingerprint density at radius 1 is 0.917 bits per heavy atom. The van der Waals surface area contributed by atoms with Gasteiger partial charge in [0.25, 0.3) is 0 Å². The molecule has 1 atom stereocenters. The molecule has 1 unspecified atom stereocenters. The lowest BCUT2D eigenvalue weighted by atomic mass is 9.93. The Labute approximate surface area is 144 Å². The molecule has 0 radical (unpaired) electrons. The number of rotatable bonds is 12. The maximum absolute atomic E-state index is 11.7. The second kappa shape index (κ2) is 12.5. The van der Waals surface area contributed by atoms with Gasteiger partial charge < -0.3 is 14.2 Å². The molecule has 0 amide bonds. The summed E-state index contributed by atoms with van der Waals surface area (Å²) in [6.07, 6.45) is 2.53. The zero-order valence-electron chi connectivity index (χ0n) is 14.7. The smallest absolute Gasteiger partial charge is 0.306 e. The first-order chi connectivity index (χ1) is 11.7. The molecular formula is C19H28O5. The highest BCUT2D eigenvalue weighted by Crippen LogP contribution is 2.23. The van der Waals surface area contributed by atoms with Gasteiger partial charge in [-0.2, -0.15) is 0 Å². The van der Waals surface area contributed by atoms with Crippen molar-refractivity contribution in [3.05, 3.63) is 35.9 Å². The van der Waals surface area contributed by atoms with Crippen LogP contribution in [0.15, 0.2) is 30.3 Å². The van der Waals surface area contributed by atoms with Crippen LogP contribution in [0, 0.1) is 0 Å². The first kappa shape index (κ1) is 20.2. The maximum atomic E-state index is 11.7. The van der Waals surface area contributed by atoms with Gasteiger partial charge in [-0.1, -0.05) is 37.3 Å². The minimum absolute atomic E-state index is 0.0661. The molecule has 1 rings (SSSR count). The summed E-state index contributed by atoms with van der Waals surface area (Å²) in [6, 6.07) is 10.1. The van der Waals surface area contributed by atoms with Crippen LogP contribution >= 0.6 is 0 Å². The van der Waals surface area contributed by atoms with Gasteiger partial charge in [-0.3, -0.25) is 9.59 Å². The van der Waals surface area contributed by atoms with E-state index in [2.05, 4.69) is 12.1 Å². The van der Waals surface area contributed by atoms with Gasteiger partial charge in [-0.05, 0) is 30.7 Å². The van der Waals surface area contributed by atoms with E-state index in [1.54, 1.807) is 7.11 Å². The third kappa shape index (κ3) is 8.67. The quantitative estimate of drug-likeness (QED) is 0.547. The van der Waals surface area contributed by atoms with Crippen LogP contribution in [0.4, 0.5) is 0 Å². The molecule has 0 fully saturated rings. The molecule has 0 N–H and O–H groups in total. The van der Waals surface area contributed by atoms with E-state index < -0.39 is 0 Å². The lowest BCUT2D eigenvalue weighted by Gasteiger charge is -2.17. The van der Waals surface area contributed by atoms with E-state index in [1.807, 2.05) is 25.1 Å². The van der Waals surface area contributed by atoms with Crippen molar-refractivity contribution in [2.45, 2.75) is 44.9 Å². The molecule has 0 aromatic heterocycles. The first-order valence-corrected chi connectivity index (χ1v) is 8.52. The summed E-state index contributed by atoms with van der Waals surface area (Å²) in [7, 11) is 1.68. The molecule has 1 aromatic carbocycles. The summed E-state index contributed by atoms with van der Waals surface area (Å²) >= 11 is 0. The van der Waals surface area contributed by atoms with Crippen LogP contribution in [0.2, 0.25) is 0 Å². The van der Waals surface area contributed by atoms with Crippen LogP contribution in [0.3, 0.4) is 0 Å². The summed E-state index contributed by atoms with van der Waals surface area (Å²) in [5.74, 6) is -0.425. The standard InChI is InChI=1S/C19H28O5/c1-3-13-23-18(20)9-10-19(21)24-15-12-17(11-14-22-2)16-7-5-4-6-8-16/h4-8,17H,3,9-15H2,1-2H3. The van der Waals surface area contributed by atoms with Crippen molar-refractivity contribution < 1.29 is 23.8 Å². The SMILES string of the molecule is CCCOC(=O)CCC(=O)OCCC(CCOC)c1ccccc1. The molecule has 5 nitrogen and oxygen atoms in total. The van der Waals surface area contributed by atoms with Crippen molar-refractivity contribution in [2.24, 2.45) is 0 Å². The van der Waals surface area contributed by atoms with Gasteiger partial charge in [0.2, 0.25) is 0 Å². The highest BCUT2D eigenvalue weighted by atomic mass is 16.5. The largest absolute Gasteiger partial charge is 0.466 e. The highest BCUT2D eigenvalue weighted by Gasteiger charge is 2.13. The Hall–Kier alpha value is -1.88. The third-order valence-corrected chi connectivity index (χ3v) is 3.67. The fourth-order valence-corrected chi connectivity index (χ4v) is 2.34. The van der Waals surface area contributed by atoms with Crippen molar-refractivity contribution in [2.75, 3.05) is 26.9 Å². The van der Waals surface area contributed by atoms with Gasteiger partial charge >= 0.3 is 11.9 Å². The monoisotopic (exact) mass is 336 g/mol. The lowest BCUT2D eigenvalue weighted by Crippen LogP contribution is -2.13. The Morgan fingerprint density at radius 3 is 2.08 bits per heavy atom. The second-order valence-corrected chi connectivity index (χ2v) is 5.62. The summed E-state index contributed by atoms with van der Waals surface area (Å²) in [6.45, 7) is 3.32. The molecule has 24 heavy (non-hydrogen) atoms. The normalized spacial score (nSPS) is 11.8. The van der Waals surface area contributed by atoms with Crippen LogP contribution in [-0.2, 0) is 23.8 Å². The van der Waals surface area contributed by atoms with Gasteiger partial charge in [0.05, 0.1) is 26.1 Å². The summed E-state index contributed by atoms with van der Waals surface area (Å²) in [4.78, 5) is 23.0. The first-order valence-electron chi connectivity index (χ1n) is 8.52. The minimum Gasteiger partial charge on any atom is -0.466 e. The maximum Gasteiger partial charge on any atom is 0.306 e. The summed E-state index contributed by atoms with van der Waals surface area (Å²) in [5, 5.41) is 0. The van der Waals surface area contributed by atoms with Crippen LogP contribution in [-0.4, -0.2) is 38.9 Å². The number of hydrogen-bond donors (Lipinski definition) is 0. The lowest BCUT2D eigenvalue weighted by molar-refractivity contribution is -0.150. The number of methoxy groups -OCH3 is 1. The second-order valence-electron chi connectivity index (χ2n) is 5.62. The third-order valence-electron chi connectivity index (χ3n) is 3.67. The van der Waals surface area contributed by atoms with E-state index in [0.717, 1.165) is 19.3 Å². The van der Waals surface area contributed by atoms with Gasteiger partial charge in [0, 0.05) is 13.7 Å². The average Bonchev–Trinajstić information content (AvgIpc) is 2.61. The van der Waals surface area contributed by atoms with Crippen LogP contribution in [0.25, 0.3) is 0 Å². The van der Waals surface area contributed by atoms with Crippen molar-refractivity contribution in [3.63, 3.8) is 0 Å². The molecule has 0 aliphatic carbocycles. The molecule has 0 saturated heterocycles. The Morgan fingerprint density at radius 2 is 1.50 bits per heavy atom. The molecule has 0 bridgehead atoms. The molecule has 0 aliphatic rings. The molecule has 1 aromatic rings. The molecule has 0 spiro atoms. The minimum atomic E-state index is -0.359. The Bertz CT molecular complexity index is 472. The van der Waals surface area contributed by atoms with Crippen molar-refractivity contribution in [3.8, 4) is 0 Å². The van der Waals surface area contributed by atoms with E-state index >= 15 is 0 Å². The topological polar surface area (TPSA) is 61.8 Å². The van der Waals surface area contributed by atoms with Crippen molar-refractivity contribution in [1.29, 1.82) is 0 Å². The molecular weight excluding hydrogens is 308 g/mol. The Kier molecular flexibility index (Phi) is 10.5. The number of ether oxygens (including phenoxy) is 3. The number of hydrogen-bond acceptors (Lipinski definition) is 5. The number of esters is 2. The van der Waals surface area contributed by atoms with E-state index in [0.29, 0.717) is 19.8 Å². The fraction of sp³-hybridized carbons (Fsp3) is 0.579. The highest BCUT2D eigenvalue weighted by molar-refractivity contribution is 5.77. The van der Waals surface area contributed by atoms with E-state index in [9.17, 15) is 9.59 Å².